The molecule has 0 spiro atoms. The number of hydrogen-bond acceptors (Lipinski definition) is 1. The fraction of sp³-hybridized carbons (Fsp3) is 0. The lowest BCUT2D eigenvalue weighted by Crippen LogP contribution is -1.94. The lowest BCUT2D eigenvalue weighted by atomic mass is 10.0. The zero-order valence-electron chi connectivity index (χ0n) is 23.9. The zero-order chi connectivity index (χ0) is 29.0. The first-order chi connectivity index (χ1) is 21.8. The third-order valence-electron chi connectivity index (χ3n) is 8.82. The number of hydrogen-bond donors (Lipinski definition) is 0. The van der Waals surface area contributed by atoms with Crippen LogP contribution in [0.1, 0.15) is 0 Å². The van der Waals surface area contributed by atoms with Crippen molar-refractivity contribution in [2.75, 3.05) is 0 Å². The molecule has 44 heavy (non-hydrogen) atoms. The van der Waals surface area contributed by atoms with Crippen LogP contribution in [0.15, 0.2) is 164 Å². The van der Waals surface area contributed by atoms with Gasteiger partial charge in [0.2, 0.25) is 0 Å². The van der Waals surface area contributed by atoms with Gasteiger partial charge < -0.3 is 9.13 Å². The normalized spacial score (nSPS) is 11.6. The van der Waals surface area contributed by atoms with Crippen molar-refractivity contribution in [3.63, 3.8) is 0 Å². The van der Waals surface area contributed by atoms with Gasteiger partial charge in [0.15, 0.2) is 0 Å². The Morgan fingerprint density at radius 1 is 0.341 bits per heavy atom. The Bertz CT molecular complexity index is 2470. The van der Waals surface area contributed by atoms with Crippen molar-refractivity contribution in [3.8, 4) is 33.6 Å². The molecule has 0 saturated carbocycles. The highest BCUT2D eigenvalue weighted by atomic mass is 15.0. The monoisotopic (exact) mass is 561 g/mol. The first-order valence-electron chi connectivity index (χ1n) is 15.0. The zero-order valence-corrected chi connectivity index (χ0v) is 23.9. The Balaban J connectivity index is 1.16. The number of pyridine rings is 1. The highest BCUT2D eigenvalue weighted by Crippen LogP contribution is 2.37. The minimum Gasteiger partial charge on any atom is -0.309 e. The molecule has 3 aromatic heterocycles. The van der Waals surface area contributed by atoms with E-state index in [0.29, 0.717) is 0 Å². The van der Waals surface area contributed by atoms with Gasteiger partial charge in [-0.25, -0.2) is 0 Å². The van der Waals surface area contributed by atoms with Crippen molar-refractivity contribution in [1.82, 2.24) is 14.1 Å². The van der Waals surface area contributed by atoms with E-state index in [2.05, 4.69) is 166 Å². The summed E-state index contributed by atoms with van der Waals surface area (Å²) in [6, 6.07) is 54.5. The van der Waals surface area contributed by atoms with Crippen LogP contribution in [-0.4, -0.2) is 14.1 Å². The van der Waals surface area contributed by atoms with Gasteiger partial charge in [0.25, 0.3) is 0 Å². The van der Waals surface area contributed by atoms with Crippen molar-refractivity contribution < 1.29 is 0 Å². The fourth-order valence-corrected chi connectivity index (χ4v) is 6.77. The second-order valence-electron chi connectivity index (χ2n) is 11.3. The van der Waals surface area contributed by atoms with Crippen molar-refractivity contribution in [1.29, 1.82) is 0 Å². The molecule has 0 unspecified atom stereocenters. The molecular formula is C41H27N3. The van der Waals surface area contributed by atoms with Crippen LogP contribution in [0.3, 0.4) is 0 Å². The van der Waals surface area contributed by atoms with E-state index in [-0.39, 0.29) is 0 Å². The van der Waals surface area contributed by atoms with Gasteiger partial charge in [0.05, 0.1) is 28.3 Å². The van der Waals surface area contributed by atoms with Gasteiger partial charge in [-0.2, -0.15) is 0 Å². The second-order valence-corrected chi connectivity index (χ2v) is 11.3. The van der Waals surface area contributed by atoms with Gasteiger partial charge in [0, 0.05) is 39.1 Å². The summed E-state index contributed by atoms with van der Waals surface area (Å²) >= 11 is 0. The number of benzene rings is 6. The number of fused-ring (bicyclic) bond motifs is 6. The summed E-state index contributed by atoms with van der Waals surface area (Å²) in [6.45, 7) is 0. The lowest BCUT2D eigenvalue weighted by Gasteiger charge is -2.10. The van der Waals surface area contributed by atoms with Crippen LogP contribution in [0.4, 0.5) is 0 Å². The number of para-hydroxylation sites is 2. The van der Waals surface area contributed by atoms with E-state index in [0.717, 1.165) is 16.9 Å². The Kier molecular flexibility index (Phi) is 5.50. The van der Waals surface area contributed by atoms with Crippen LogP contribution >= 0.6 is 0 Å². The van der Waals surface area contributed by atoms with E-state index in [4.69, 9.17) is 0 Å². The summed E-state index contributed by atoms with van der Waals surface area (Å²) in [7, 11) is 0. The molecule has 9 rings (SSSR count). The molecule has 0 aliphatic carbocycles. The summed E-state index contributed by atoms with van der Waals surface area (Å²) in [5.74, 6) is 0. The standard InChI is InChI=1S/C41H27N3/c1-3-9-28(10-4-1)30-17-21-39-36(25-30)34-13-7-8-14-38(34)43(39)33-19-15-29(16-20-33)31-18-22-40-37(26-31)35-23-24-42-27-41(35)44(40)32-11-5-2-6-12-32/h1-27H. The van der Waals surface area contributed by atoms with Gasteiger partial charge in [-0.3, -0.25) is 4.98 Å². The highest BCUT2D eigenvalue weighted by molar-refractivity contribution is 6.11. The maximum absolute atomic E-state index is 4.45. The molecule has 3 heterocycles. The van der Waals surface area contributed by atoms with Crippen LogP contribution in [0.5, 0.6) is 0 Å². The average molecular weight is 562 g/mol. The minimum absolute atomic E-state index is 1.11. The first kappa shape index (κ1) is 24.6. The van der Waals surface area contributed by atoms with Crippen molar-refractivity contribution in [2.24, 2.45) is 0 Å². The molecule has 6 aromatic carbocycles. The molecule has 0 radical (unpaired) electrons. The summed E-state index contributed by atoms with van der Waals surface area (Å²) in [4.78, 5) is 4.45. The molecule has 0 amide bonds. The molecule has 0 saturated heterocycles. The topological polar surface area (TPSA) is 22.8 Å². The molecule has 0 aliphatic heterocycles. The quantitative estimate of drug-likeness (QED) is 0.210. The SMILES string of the molecule is c1ccc(-c2ccc3c(c2)c2ccccc2n3-c2ccc(-c3ccc4c(c3)c3ccncc3n4-c3ccccc3)cc2)cc1. The summed E-state index contributed by atoms with van der Waals surface area (Å²) < 4.78 is 4.68. The molecule has 9 aromatic rings. The first-order valence-corrected chi connectivity index (χ1v) is 15.0. The molecule has 0 N–H and O–H groups in total. The maximum Gasteiger partial charge on any atom is 0.0724 e. The molecule has 3 heteroatoms. The smallest absolute Gasteiger partial charge is 0.0724 e. The van der Waals surface area contributed by atoms with E-state index in [1.807, 2.05) is 12.4 Å². The molecule has 3 nitrogen and oxygen atoms in total. The van der Waals surface area contributed by atoms with Gasteiger partial charge in [0.1, 0.15) is 0 Å². The predicted molar refractivity (Wildman–Crippen MR) is 184 cm³/mol. The van der Waals surface area contributed by atoms with Gasteiger partial charge in [-0.05, 0) is 82.9 Å². The third kappa shape index (κ3) is 3.80. The number of nitrogens with zero attached hydrogens (tertiary/aromatic N) is 3. The lowest BCUT2D eigenvalue weighted by molar-refractivity contribution is 1.17. The summed E-state index contributed by atoms with van der Waals surface area (Å²) in [5, 5.41) is 4.96. The van der Waals surface area contributed by atoms with Crippen LogP contribution in [-0.2, 0) is 0 Å². The van der Waals surface area contributed by atoms with Crippen molar-refractivity contribution in [3.05, 3.63) is 164 Å². The predicted octanol–water partition coefficient (Wildman–Crippen LogP) is 10.6. The van der Waals surface area contributed by atoms with Gasteiger partial charge >= 0.3 is 0 Å². The highest BCUT2D eigenvalue weighted by Gasteiger charge is 2.15. The van der Waals surface area contributed by atoms with Crippen LogP contribution in [0, 0.1) is 0 Å². The Morgan fingerprint density at radius 3 is 1.55 bits per heavy atom. The third-order valence-corrected chi connectivity index (χ3v) is 8.82. The van der Waals surface area contributed by atoms with Crippen LogP contribution < -0.4 is 0 Å². The summed E-state index contributed by atoms with van der Waals surface area (Å²) in [5.41, 5.74) is 11.9. The van der Waals surface area contributed by atoms with E-state index in [1.54, 1.807) is 0 Å². The number of aromatic nitrogens is 3. The molecule has 0 aliphatic rings. The van der Waals surface area contributed by atoms with E-state index in [9.17, 15) is 0 Å². The number of rotatable bonds is 4. The minimum atomic E-state index is 1.11. The Morgan fingerprint density at radius 2 is 0.841 bits per heavy atom. The molecule has 206 valence electrons. The van der Waals surface area contributed by atoms with E-state index >= 15 is 0 Å². The van der Waals surface area contributed by atoms with Crippen molar-refractivity contribution in [2.45, 2.75) is 0 Å². The average Bonchev–Trinajstić information content (AvgIpc) is 3.61. The summed E-state index contributed by atoms with van der Waals surface area (Å²) in [6.07, 6.45) is 3.85. The molecular weight excluding hydrogens is 534 g/mol. The van der Waals surface area contributed by atoms with E-state index < -0.39 is 0 Å². The Hall–Kier alpha value is -5.93. The van der Waals surface area contributed by atoms with Crippen molar-refractivity contribution >= 4 is 43.6 Å². The van der Waals surface area contributed by atoms with Crippen LogP contribution in [0.25, 0.3) is 77.2 Å². The Labute approximate surface area is 254 Å². The van der Waals surface area contributed by atoms with Gasteiger partial charge in [-0.1, -0.05) is 91.0 Å². The van der Waals surface area contributed by atoms with Crippen LogP contribution in [0.2, 0.25) is 0 Å². The largest absolute Gasteiger partial charge is 0.309 e. The van der Waals surface area contributed by atoms with Gasteiger partial charge in [-0.15, -0.1) is 0 Å². The maximum atomic E-state index is 4.45. The van der Waals surface area contributed by atoms with E-state index in [1.165, 1.54) is 60.3 Å². The fourth-order valence-electron chi connectivity index (χ4n) is 6.77. The molecule has 0 bridgehead atoms. The molecule has 0 fully saturated rings. The molecule has 0 atom stereocenters. The second kappa shape index (κ2) is 9.82.